The Morgan fingerprint density at radius 1 is 1.67 bits per heavy atom. The predicted molar refractivity (Wildman–Crippen MR) is 26.7 cm³/mol. The molecule has 4 radical (unpaired) electrons. The van der Waals surface area contributed by atoms with Gasteiger partial charge >= 0.3 is 0 Å². The summed E-state index contributed by atoms with van der Waals surface area (Å²) in [6.45, 7) is 3.43. The van der Waals surface area contributed by atoms with Gasteiger partial charge in [-0.05, 0) is 6.92 Å². The van der Waals surface area contributed by atoms with Crippen molar-refractivity contribution in [1.29, 1.82) is 0 Å². The molecule has 0 saturated carbocycles. The van der Waals surface area contributed by atoms with E-state index in [4.69, 9.17) is 0 Å². The fourth-order valence-electron chi connectivity index (χ4n) is 0. The SMILES string of the molecule is CCC(C)=O.[Sn]. The van der Waals surface area contributed by atoms with Crippen LogP contribution in [0.4, 0.5) is 0 Å². The summed E-state index contributed by atoms with van der Waals surface area (Å²) in [4.78, 5) is 9.81. The first-order valence-corrected chi connectivity index (χ1v) is 1.76. The second-order valence-corrected chi connectivity index (χ2v) is 1.06. The number of ketones is 1. The van der Waals surface area contributed by atoms with Crippen LogP contribution in [0, 0.1) is 0 Å². The zero-order chi connectivity index (χ0) is 4.28. The topological polar surface area (TPSA) is 17.1 Å². The monoisotopic (exact) mass is 192 g/mol. The van der Waals surface area contributed by atoms with Gasteiger partial charge in [0.1, 0.15) is 5.78 Å². The van der Waals surface area contributed by atoms with Crippen molar-refractivity contribution in [1.82, 2.24) is 0 Å². The fourth-order valence-corrected chi connectivity index (χ4v) is 0. The van der Waals surface area contributed by atoms with Crippen LogP contribution in [-0.4, -0.2) is 29.7 Å². The molecule has 6 heavy (non-hydrogen) atoms. The van der Waals surface area contributed by atoms with Gasteiger partial charge in [0.2, 0.25) is 0 Å². The Balaban J connectivity index is 0. The molecule has 0 bridgehead atoms. The van der Waals surface area contributed by atoms with E-state index in [-0.39, 0.29) is 29.7 Å². The minimum Gasteiger partial charge on any atom is -0.300 e. The predicted octanol–water partition coefficient (Wildman–Crippen LogP) is 0.605. The Morgan fingerprint density at radius 2 is 1.83 bits per heavy atom. The maximum absolute atomic E-state index is 9.81. The van der Waals surface area contributed by atoms with Gasteiger partial charge in [-0.1, -0.05) is 6.92 Å². The van der Waals surface area contributed by atoms with Gasteiger partial charge in [0.05, 0.1) is 0 Å². The van der Waals surface area contributed by atoms with Gasteiger partial charge in [-0.2, -0.15) is 0 Å². The average Bonchev–Trinajstić information content (AvgIpc) is 1.38. The number of carbonyl (C=O) groups excluding carboxylic acids is 1. The fraction of sp³-hybridized carbons (Fsp3) is 0.750. The summed E-state index contributed by atoms with van der Waals surface area (Å²) in [5, 5.41) is 0. The van der Waals surface area contributed by atoms with Crippen molar-refractivity contribution >= 4 is 29.7 Å². The van der Waals surface area contributed by atoms with Crippen LogP contribution in [-0.2, 0) is 4.79 Å². The maximum atomic E-state index is 9.81. The molecule has 0 saturated heterocycles. The summed E-state index contributed by atoms with van der Waals surface area (Å²) in [5.74, 6) is 0.255. The van der Waals surface area contributed by atoms with Gasteiger partial charge in [0.15, 0.2) is 0 Å². The molecule has 1 nitrogen and oxygen atoms in total. The molecule has 0 amide bonds. The number of hydrogen-bond donors (Lipinski definition) is 0. The van der Waals surface area contributed by atoms with Gasteiger partial charge in [0, 0.05) is 30.3 Å². The molecule has 0 rings (SSSR count). The van der Waals surface area contributed by atoms with Crippen LogP contribution in [0.15, 0.2) is 0 Å². The zero-order valence-corrected chi connectivity index (χ0v) is 6.97. The van der Waals surface area contributed by atoms with Gasteiger partial charge < -0.3 is 4.79 Å². The molecule has 0 fully saturated rings. The summed E-state index contributed by atoms with van der Waals surface area (Å²) in [7, 11) is 0. The van der Waals surface area contributed by atoms with Crippen molar-refractivity contribution in [2.75, 3.05) is 0 Å². The molecule has 0 unspecified atom stereocenters. The molecule has 0 aliphatic carbocycles. The first-order chi connectivity index (χ1) is 2.27. The second kappa shape index (κ2) is 5.47. The standard InChI is InChI=1S/C4H8O.Sn/c1-3-4(2)5;/h3H2,1-2H3;. The summed E-state index contributed by atoms with van der Waals surface area (Å²) in [6.07, 6.45) is 0.667. The zero-order valence-electron chi connectivity index (χ0n) is 4.12. The smallest absolute Gasteiger partial charge is 0.129 e. The van der Waals surface area contributed by atoms with Crippen LogP contribution in [0.2, 0.25) is 0 Å². The van der Waals surface area contributed by atoms with E-state index < -0.39 is 0 Å². The molecule has 0 aromatic carbocycles. The quantitative estimate of drug-likeness (QED) is 0.554. The molecule has 0 spiro atoms. The third-order valence-electron chi connectivity index (χ3n) is 0.498. The van der Waals surface area contributed by atoms with Crippen molar-refractivity contribution in [3.63, 3.8) is 0 Å². The Labute approximate surface area is 55.1 Å². The molecular weight excluding hydrogens is 183 g/mol. The normalized spacial score (nSPS) is 6.33. The van der Waals surface area contributed by atoms with E-state index in [1.54, 1.807) is 6.92 Å². The van der Waals surface area contributed by atoms with Crippen LogP contribution < -0.4 is 0 Å². The molecule has 0 aromatic heterocycles. The van der Waals surface area contributed by atoms with Gasteiger partial charge in [-0.15, -0.1) is 0 Å². The number of carbonyl (C=O) groups is 1. The Hall–Kier alpha value is 0.469. The van der Waals surface area contributed by atoms with Crippen LogP contribution in [0.25, 0.3) is 0 Å². The number of Topliss-reactive ketones (excluding diaryl/α,β-unsaturated/α-hetero) is 1. The Kier molecular flexibility index (Phi) is 8.83. The minimum atomic E-state index is 0. The molecule has 0 atom stereocenters. The molecule has 0 heterocycles. The number of hydrogen-bond acceptors (Lipinski definition) is 1. The van der Waals surface area contributed by atoms with Crippen molar-refractivity contribution in [3.8, 4) is 0 Å². The van der Waals surface area contributed by atoms with E-state index >= 15 is 0 Å². The van der Waals surface area contributed by atoms with Crippen molar-refractivity contribution < 1.29 is 4.79 Å². The van der Waals surface area contributed by atoms with E-state index in [0.717, 1.165) is 0 Å². The summed E-state index contributed by atoms with van der Waals surface area (Å²) < 4.78 is 0. The largest absolute Gasteiger partial charge is 0.300 e. The van der Waals surface area contributed by atoms with Crippen LogP contribution in [0.5, 0.6) is 0 Å². The molecule has 0 aliphatic heterocycles. The molecular formula is C4H8OSn. The minimum absolute atomic E-state index is 0. The molecule has 0 aromatic rings. The molecule has 0 N–H and O–H groups in total. The van der Waals surface area contributed by atoms with E-state index in [1.807, 2.05) is 6.92 Å². The average molecular weight is 191 g/mol. The van der Waals surface area contributed by atoms with Crippen molar-refractivity contribution in [2.24, 2.45) is 0 Å². The first-order valence-electron chi connectivity index (χ1n) is 1.76. The Morgan fingerprint density at radius 3 is 1.83 bits per heavy atom. The number of rotatable bonds is 1. The third kappa shape index (κ3) is 8.82. The van der Waals surface area contributed by atoms with E-state index in [2.05, 4.69) is 0 Å². The summed E-state index contributed by atoms with van der Waals surface area (Å²) in [6, 6.07) is 0. The summed E-state index contributed by atoms with van der Waals surface area (Å²) in [5.41, 5.74) is 0. The Bertz CT molecular complexity index is 42.8. The maximum Gasteiger partial charge on any atom is 0.129 e. The van der Waals surface area contributed by atoms with Crippen LogP contribution >= 0.6 is 0 Å². The molecule has 2 heteroatoms. The van der Waals surface area contributed by atoms with Gasteiger partial charge in [-0.3, -0.25) is 0 Å². The first kappa shape index (κ1) is 9.69. The van der Waals surface area contributed by atoms with Gasteiger partial charge in [-0.25, -0.2) is 0 Å². The van der Waals surface area contributed by atoms with E-state index in [1.165, 1.54) is 0 Å². The van der Waals surface area contributed by atoms with E-state index in [9.17, 15) is 4.79 Å². The van der Waals surface area contributed by atoms with Crippen molar-refractivity contribution in [2.45, 2.75) is 20.3 Å². The van der Waals surface area contributed by atoms with Crippen molar-refractivity contribution in [3.05, 3.63) is 0 Å². The third-order valence-corrected chi connectivity index (χ3v) is 0.498. The molecule has 0 aliphatic rings. The van der Waals surface area contributed by atoms with Crippen LogP contribution in [0.1, 0.15) is 20.3 Å². The summed E-state index contributed by atoms with van der Waals surface area (Å²) >= 11 is 0. The van der Waals surface area contributed by atoms with E-state index in [0.29, 0.717) is 6.42 Å². The molecule has 34 valence electrons. The van der Waals surface area contributed by atoms with Crippen LogP contribution in [0.3, 0.4) is 0 Å². The van der Waals surface area contributed by atoms with Gasteiger partial charge in [0.25, 0.3) is 0 Å². The second-order valence-electron chi connectivity index (χ2n) is 1.06.